The molecular formula is C12H15F3N2O3. The molecule has 0 spiro atoms. The van der Waals surface area contributed by atoms with Gasteiger partial charge >= 0.3 is 6.18 Å². The number of halogens is 3. The third-order valence-electron chi connectivity index (χ3n) is 3.45. The minimum Gasteiger partial charge on any atom is -0.383 e. The Morgan fingerprint density at radius 3 is 2.55 bits per heavy atom. The Balaban J connectivity index is 1.93. The first-order valence-corrected chi connectivity index (χ1v) is 6.26. The molecule has 1 aliphatic rings. The monoisotopic (exact) mass is 292 g/mol. The lowest BCUT2D eigenvalue weighted by atomic mass is 9.91. The molecule has 0 radical (unpaired) electrons. The van der Waals surface area contributed by atoms with E-state index in [1.807, 2.05) is 0 Å². The highest BCUT2D eigenvalue weighted by atomic mass is 19.4. The Morgan fingerprint density at radius 2 is 2.10 bits per heavy atom. The smallest absolute Gasteiger partial charge is 0.383 e. The molecule has 1 N–H and O–H groups in total. The fourth-order valence-electron chi connectivity index (χ4n) is 2.31. The second-order valence-corrected chi connectivity index (χ2v) is 4.95. The average molecular weight is 292 g/mol. The van der Waals surface area contributed by atoms with Crippen LogP contribution in [0.2, 0.25) is 0 Å². The molecule has 1 atom stereocenters. The number of carbonyl (C=O) groups excluding carboxylic acids is 1. The van der Waals surface area contributed by atoms with Crippen LogP contribution in [0.3, 0.4) is 0 Å². The summed E-state index contributed by atoms with van der Waals surface area (Å²) in [5, 5.41) is 12.8. The van der Waals surface area contributed by atoms with Crippen molar-refractivity contribution in [2.24, 2.45) is 5.92 Å². The second kappa shape index (κ2) is 5.43. The molecule has 1 aromatic heterocycles. The van der Waals surface area contributed by atoms with E-state index in [2.05, 4.69) is 5.16 Å². The quantitative estimate of drug-likeness (QED) is 0.902. The van der Waals surface area contributed by atoms with Gasteiger partial charge in [0.15, 0.2) is 6.10 Å². The van der Waals surface area contributed by atoms with Crippen molar-refractivity contribution in [3.8, 4) is 0 Å². The maximum absolute atomic E-state index is 12.4. The summed E-state index contributed by atoms with van der Waals surface area (Å²) in [5.41, 5.74) is 0.565. The standard InChI is InChI=1S/C12H15F3N2O3/c1-7-6-9(20-16-7)11(19)17-4-2-8(3-5-17)10(18)12(13,14)15/h6,8,10,18H,2-5H2,1H3. The van der Waals surface area contributed by atoms with E-state index >= 15 is 0 Å². The second-order valence-electron chi connectivity index (χ2n) is 4.95. The van der Waals surface area contributed by atoms with Crippen LogP contribution in [0, 0.1) is 12.8 Å². The van der Waals surface area contributed by atoms with E-state index in [0.717, 1.165) is 0 Å². The van der Waals surface area contributed by atoms with Gasteiger partial charge in [-0.25, -0.2) is 0 Å². The molecule has 0 aliphatic carbocycles. The van der Waals surface area contributed by atoms with E-state index in [4.69, 9.17) is 4.52 Å². The number of alkyl halides is 3. The number of piperidine rings is 1. The van der Waals surface area contributed by atoms with Gasteiger partial charge in [0.05, 0.1) is 5.69 Å². The van der Waals surface area contributed by atoms with Gasteiger partial charge in [-0.15, -0.1) is 0 Å². The van der Waals surface area contributed by atoms with Gasteiger partial charge < -0.3 is 14.5 Å². The lowest BCUT2D eigenvalue weighted by molar-refractivity contribution is -0.222. The van der Waals surface area contributed by atoms with Crippen molar-refractivity contribution < 1.29 is 27.6 Å². The van der Waals surface area contributed by atoms with Crippen molar-refractivity contribution in [1.82, 2.24) is 10.1 Å². The van der Waals surface area contributed by atoms with Crippen molar-refractivity contribution in [1.29, 1.82) is 0 Å². The first-order chi connectivity index (χ1) is 9.29. The highest BCUT2D eigenvalue weighted by molar-refractivity contribution is 5.91. The Morgan fingerprint density at radius 1 is 1.50 bits per heavy atom. The lowest BCUT2D eigenvalue weighted by Crippen LogP contribution is -2.45. The van der Waals surface area contributed by atoms with Gasteiger partial charge in [0.1, 0.15) is 0 Å². The summed E-state index contributed by atoms with van der Waals surface area (Å²) in [7, 11) is 0. The molecule has 1 aliphatic heterocycles. The van der Waals surface area contributed by atoms with E-state index < -0.39 is 18.2 Å². The number of hydrogen-bond donors (Lipinski definition) is 1. The van der Waals surface area contributed by atoms with Gasteiger partial charge in [0, 0.05) is 19.2 Å². The average Bonchev–Trinajstić information content (AvgIpc) is 2.83. The fraction of sp³-hybridized carbons (Fsp3) is 0.667. The van der Waals surface area contributed by atoms with Crippen molar-refractivity contribution in [2.45, 2.75) is 32.0 Å². The van der Waals surface area contributed by atoms with Crippen LogP contribution in [-0.2, 0) is 0 Å². The lowest BCUT2D eigenvalue weighted by Gasteiger charge is -2.34. The summed E-state index contributed by atoms with van der Waals surface area (Å²) < 4.78 is 42.0. The predicted molar refractivity (Wildman–Crippen MR) is 61.9 cm³/mol. The number of aromatic nitrogens is 1. The molecule has 2 heterocycles. The zero-order valence-electron chi connectivity index (χ0n) is 10.9. The Kier molecular flexibility index (Phi) is 4.03. The van der Waals surface area contributed by atoms with Gasteiger partial charge in [-0.3, -0.25) is 4.79 Å². The molecule has 1 amide bonds. The van der Waals surface area contributed by atoms with E-state index in [0.29, 0.717) is 5.69 Å². The van der Waals surface area contributed by atoms with Gasteiger partial charge in [-0.05, 0) is 25.7 Å². The van der Waals surface area contributed by atoms with Crippen molar-refractivity contribution in [3.05, 3.63) is 17.5 Å². The van der Waals surface area contributed by atoms with E-state index in [9.17, 15) is 23.1 Å². The van der Waals surface area contributed by atoms with Crippen LogP contribution in [0.5, 0.6) is 0 Å². The van der Waals surface area contributed by atoms with Crippen molar-refractivity contribution in [3.63, 3.8) is 0 Å². The van der Waals surface area contributed by atoms with Crippen LogP contribution >= 0.6 is 0 Å². The molecule has 0 bridgehead atoms. The molecule has 1 unspecified atom stereocenters. The normalized spacial score (nSPS) is 19.1. The molecule has 0 aromatic carbocycles. The summed E-state index contributed by atoms with van der Waals surface area (Å²) >= 11 is 0. The van der Waals surface area contributed by atoms with E-state index in [1.165, 1.54) is 11.0 Å². The molecule has 20 heavy (non-hydrogen) atoms. The summed E-state index contributed by atoms with van der Waals surface area (Å²) in [6.45, 7) is 2.00. The summed E-state index contributed by atoms with van der Waals surface area (Å²) in [5.74, 6) is -1.17. The number of likely N-dealkylation sites (tertiary alicyclic amines) is 1. The third-order valence-corrected chi connectivity index (χ3v) is 3.45. The number of hydrogen-bond acceptors (Lipinski definition) is 4. The van der Waals surface area contributed by atoms with Crippen molar-refractivity contribution in [2.75, 3.05) is 13.1 Å². The molecule has 112 valence electrons. The van der Waals surface area contributed by atoms with Gasteiger partial charge in [0.25, 0.3) is 5.91 Å². The van der Waals surface area contributed by atoms with Crippen LogP contribution in [0.25, 0.3) is 0 Å². The first kappa shape index (κ1) is 14.8. The van der Waals surface area contributed by atoms with E-state index in [1.54, 1.807) is 6.92 Å². The Labute approximate surface area is 113 Å². The Hall–Kier alpha value is -1.57. The first-order valence-electron chi connectivity index (χ1n) is 6.26. The minimum absolute atomic E-state index is 0.0809. The highest BCUT2D eigenvalue weighted by Gasteiger charge is 2.44. The number of aryl methyl sites for hydroxylation is 1. The number of amides is 1. The van der Waals surface area contributed by atoms with Crippen LogP contribution in [0.4, 0.5) is 13.2 Å². The number of nitrogens with zero attached hydrogens (tertiary/aromatic N) is 2. The van der Waals surface area contributed by atoms with Crippen LogP contribution in [0.15, 0.2) is 10.6 Å². The maximum atomic E-state index is 12.4. The van der Waals surface area contributed by atoms with Gasteiger partial charge in [0.2, 0.25) is 5.76 Å². The molecule has 2 rings (SSSR count). The molecular weight excluding hydrogens is 277 g/mol. The number of carbonyl (C=O) groups is 1. The third kappa shape index (κ3) is 3.12. The molecule has 1 aromatic rings. The van der Waals surface area contributed by atoms with Crippen LogP contribution < -0.4 is 0 Å². The topological polar surface area (TPSA) is 66.6 Å². The predicted octanol–water partition coefficient (Wildman–Crippen LogP) is 1.76. The summed E-state index contributed by atoms with van der Waals surface area (Å²) in [4.78, 5) is 13.4. The van der Waals surface area contributed by atoms with Crippen molar-refractivity contribution >= 4 is 5.91 Å². The minimum atomic E-state index is -4.61. The van der Waals surface area contributed by atoms with Gasteiger partial charge in [-0.1, -0.05) is 5.16 Å². The molecule has 0 saturated carbocycles. The summed E-state index contributed by atoms with van der Waals surface area (Å²) in [6, 6.07) is 1.49. The zero-order chi connectivity index (χ0) is 14.9. The number of rotatable bonds is 2. The number of aliphatic hydroxyl groups excluding tert-OH is 1. The number of aliphatic hydroxyl groups is 1. The van der Waals surface area contributed by atoms with E-state index in [-0.39, 0.29) is 37.6 Å². The van der Waals surface area contributed by atoms with Crippen LogP contribution in [-0.4, -0.2) is 46.4 Å². The molecule has 8 heteroatoms. The van der Waals surface area contributed by atoms with Crippen LogP contribution in [0.1, 0.15) is 29.1 Å². The summed E-state index contributed by atoms with van der Waals surface area (Å²) in [6.07, 6.45) is -6.72. The maximum Gasteiger partial charge on any atom is 0.414 e. The fourth-order valence-corrected chi connectivity index (χ4v) is 2.31. The zero-order valence-corrected chi connectivity index (χ0v) is 10.9. The molecule has 1 saturated heterocycles. The Bertz CT molecular complexity index is 479. The largest absolute Gasteiger partial charge is 0.414 e. The molecule has 1 fully saturated rings. The SMILES string of the molecule is Cc1cc(C(=O)N2CCC(C(O)C(F)(F)F)CC2)on1. The highest BCUT2D eigenvalue weighted by Crippen LogP contribution is 2.31. The van der Waals surface area contributed by atoms with Gasteiger partial charge in [-0.2, -0.15) is 13.2 Å². The molecule has 5 nitrogen and oxygen atoms in total.